The summed E-state index contributed by atoms with van der Waals surface area (Å²) in [6.07, 6.45) is 11.3. The Bertz CT molecular complexity index is 304. The van der Waals surface area contributed by atoms with Gasteiger partial charge in [0.2, 0.25) is 0 Å². The van der Waals surface area contributed by atoms with Gasteiger partial charge in [0.15, 0.2) is 0 Å². The minimum atomic E-state index is 0.667. The first-order valence-electron chi connectivity index (χ1n) is 6.95. The van der Waals surface area contributed by atoms with Crippen molar-refractivity contribution in [1.82, 2.24) is 10.3 Å². The fraction of sp³-hybridized carbons (Fsp3) is 0.667. The predicted molar refractivity (Wildman–Crippen MR) is 72.0 cm³/mol. The average Bonchev–Trinajstić information content (AvgIpc) is 2.88. The van der Waals surface area contributed by atoms with Gasteiger partial charge in [-0.2, -0.15) is 0 Å². The molecule has 1 heterocycles. The van der Waals surface area contributed by atoms with E-state index in [2.05, 4.69) is 29.5 Å². The van der Waals surface area contributed by atoms with Crippen molar-refractivity contribution in [3.05, 3.63) is 30.1 Å². The molecular weight excluding hydrogens is 208 g/mol. The Balaban J connectivity index is 1.75. The number of aromatic nitrogens is 1. The maximum Gasteiger partial charge on any atom is 0.0404 e. The molecule has 1 fully saturated rings. The lowest BCUT2D eigenvalue weighted by Crippen LogP contribution is -2.28. The quantitative estimate of drug-likeness (QED) is 0.815. The lowest BCUT2D eigenvalue weighted by atomic mass is 9.95. The van der Waals surface area contributed by atoms with Crippen LogP contribution in [0, 0.1) is 5.92 Å². The number of hydrogen-bond acceptors (Lipinski definition) is 2. The molecular formula is C15H24N2. The van der Waals surface area contributed by atoms with E-state index in [-0.39, 0.29) is 0 Å². The van der Waals surface area contributed by atoms with E-state index in [0.29, 0.717) is 6.04 Å². The molecule has 0 bridgehead atoms. The SMILES string of the molecule is CNC(CCc1ccccn1)CC1CCCC1. The zero-order valence-corrected chi connectivity index (χ0v) is 10.9. The van der Waals surface area contributed by atoms with Crippen LogP contribution in [0.1, 0.15) is 44.2 Å². The van der Waals surface area contributed by atoms with Gasteiger partial charge in [-0.1, -0.05) is 31.7 Å². The van der Waals surface area contributed by atoms with Gasteiger partial charge in [0.05, 0.1) is 0 Å². The second kappa shape index (κ2) is 6.75. The molecule has 1 aromatic rings. The molecule has 94 valence electrons. The molecule has 0 aromatic carbocycles. The van der Waals surface area contributed by atoms with Crippen molar-refractivity contribution in [2.75, 3.05) is 7.05 Å². The van der Waals surface area contributed by atoms with Gasteiger partial charge in [-0.15, -0.1) is 0 Å². The lowest BCUT2D eigenvalue weighted by molar-refractivity contribution is 0.387. The molecule has 0 radical (unpaired) electrons. The standard InChI is InChI=1S/C15H24N2/c1-16-15(12-13-6-2-3-7-13)10-9-14-8-4-5-11-17-14/h4-5,8,11,13,15-16H,2-3,6-7,9-10,12H2,1H3. The largest absolute Gasteiger partial charge is 0.317 e. The van der Waals surface area contributed by atoms with E-state index in [9.17, 15) is 0 Å². The second-order valence-electron chi connectivity index (χ2n) is 5.23. The molecule has 1 saturated carbocycles. The number of nitrogens with zero attached hydrogens (tertiary/aromatic N) is 1. The van der Waals surface area contributed by atoms with Crippen LogP contribution in [0.3, 0.4) is 0 Å². The fourth-order valence-electron chi connectivity index (χ4n) is 2.90. The highest BCUT2D eigenvalue weighted by molar-refractivity contribution is 5.03. The number of pyridine rings is 1. The summed E-state index contributed by atoms with van der Waals surface area (Å²) in [7, 11) is 2.10. The molecule has 0 aliphatic heterocycles. The van der Waals surface area contributed by atoms with Crippen molar-refractivity contribution < 1.29 is 0 Å². The Hall–Kier alpha value is -0.890. The molecule has 0 amide bonds. The van der Waals surface area contributed by atoms with Gasteiger partial charge in [0, 0.05) is 17.9 Å². The van der Waals surface area contributed by atoms with E-state index in [1.807, 2.05) is 12.3 Å². The first-order chi connectivity index (χ1) is 8.38. The van der Waals surface area contributed by atoms with Crippen LogP contribution >= 0.6 is 0 Å². The molecule has 0 saturated heterocycles. The van der Waals surface area contributed by atoms with Crippen LogP contribution < -0.4 is 5.32 Å². The zero-order valence-electron chi connectivity index (χ0n) is 10.9. The van der Waals surface area contributed by atoms with Gasteiger partial charge in [-0.3, -0.25) is 4.98 Å². The van der Waals surface area contributed by atoms with Crippen molar-refractivity contribution in [3.63, 3.8) is 0 Å². The van der Waals surface area contributed by atoms with E-state index in [1.54, 1.807) is 0 Å². The Labute approximate surface area is 105 Å². The summed E-state index contributed by atoms with van der Waals surface area (Å²) >= 11 is 0. The smallest absolute Gasteiger partial charge is 0.0404 e. The van der Waals surface area contributed by atoms with Crippen molar-refractivity contribution in [2.45, 2.75) is 51.0 Å². The van der Waals surface area contributed by atoms with Gasteiger partial charge >= 0.3 is 0 Å². The first-order valence-corrected chi connectivity index (χ1v) is 6.95. The Morgan fingerprint density at radius 2 is 2.18 bits per heavy atom. The van der Waals surface area contributed by atoms with E-state index in [4.69, 9.17) is 0 Å². The molecule has 1 aliphatic carbocycles. The molecule has 1 N–H and O–H groups in total. The third-order valence-corrected chi connectivity index (χ3v) is 3.98. The number of aryl methyl sites for hydroxylation is 1. The minimum Gasteiger partial charge on any atom is -0.317 e. The minimum absolute atomic E-state index is 0.667. The van der Waals surface area contributed by atoms with Crippen LogP contribution in [0.15, 0.2) is 24.4 Å². The predicted octanol–water partition coefficient (Wildman–Crippen LogP) is 3.18. The summed E-state index contributed by atoms with van der Waals surface area (Å²) in [6, 6.07) is 6.85. The van der Waals surface area contributed by atoms with Crippen LogP contribution in [0.25, 0.3) is 0 Å². The fourth-order valence-corrected chi connectivity index (χ4v) is 2.90. The van der Waals surface area contributed by atoms with Gasteiger partial charge in [-0.25, -0.2) is 0 Å². The molecule has 1 atom stereocenters. The van der Waals surface area contributed by atoms with Gasteiger partial charge in [-0.05, 0) is 44.4 Å². The number of hydrogen-bond donors (Lipinski definition) is 1. The summed E-state index contributed by atoms with van der Waals surface area (Å²) in [4.78, 5) is 4.39. The molecule has 17 heavy (non-hydrogen) atoms. The molecule has 1 aliphatic rings. The molecule has 1 unspecified atom stereocenters. The molecule has 0 spiro atoms. The highest BCUT2D eigenvalue weighted by Gasteiger charge is 2.19. The summed E-state index contributed by atoms with van der Waals surface area (Å²) < 4.78 is 0. The van der Waals surface area contributed by atoms with E-state index in [0.717, 1.165) is 12.3 Å². The monoisotopic (exact) mass is 232 g/mol. The summed E-state index contributed by atoms with van der Waals surface area (Å²) in [5.41, 5.74) is 1.22. The highest BCUT2D eigenvalue weighted by atomic mass is 14.9. The van der Waals surface area contributed by atoms with Gasteiger partial charge in [0.1, 0.15) is 0 Å². The third-order valence-electron chi connectivity index (χ3n) is 3.98. The van der Waals surface area contributed by atoms with Crippen LogP contribution in [-0.4, -0.2) is 18.1 Å². The Morgan fingerprint density at radius 3 is 2.82 bits per heavy atom. The van der Waals surface area contributed by atoms with Crippen molar-refractivity contribution in [3.8, 4) is 0 Å². The van der Waals surface area contributed by atoms with Crippen LogP contribution in [0.2, 0.25) is 0 Å². The second-order valence-corrected chi connectivity index (χ2v) is 5.23. The van der Waals surface area contributed by atoms with Crippen molar-refractivity contribution in [1.29, 1.82) is 0 Å². The zero-order chi connectivity index (χ0) is 11.9. The third kappa shape index (κ3) is 4.12. The number of nitrogens with one attached hydrogen (secondary N) is 1. The van der Waals surface area contributed by atoms with Crippen LogP contribution in [0.5, 0.6) is 0 Å². The topological polar surface area (TPSA) is 24.9 Å². The molecule has 2 nitrogen and oxygen atoms in total. The van der Waals surface area contributed by atoms with Crippen molar-refractivity contribution in [2.24, 2.45) is 5.92 Å². The van der Waals surface area contributed by atoms with E-state index < -0.39 is 0 Å². The molecule has 2 heteroatoms. The summed E-state index contributed by atoms with van der Waals surface area (Å²) in [5.74, 6) is 0.969. The van der Waals surface area contributed by atoms with Crippen molar-refractivity contribution >= 4 is 0 Å². The maximum absolute atomic E-state index is 4.39. The number of rotatable bonds is 6. The maximum atomic E-state index is 4.39. The lowest BCUT2D eigenvalue weighted by Gasteiger charge is -2.19. The molecule has 1 aromatic heterocycles. The summed E-state index contributed by atoms with van der Waals surface area (Å²) in [6.45, 7) is 0. The van der Waals surface area contributed by atoms with Gasteiger partial charge in [0.25, 0.3) is 0 Å². The Kier molecular flexibility index (Phi) is 4.99. The Morgan fingerprint density at radius 1 is 1.35 bits per heavy atom. The summed E-state index contributed by atoms with van der Waals surface area (Å²) in [5, 5.41) is 3.47. The van der Waals surface area contributed by atoms with Crippen LogP contribution in [0.4, 0.5) is 0 Å². The first kappa shape index (κ1) is 12.6. The van der Waals surface area contributed by atoms with E-state index >= 15 is 0 Å². The normalized spacial score (nSPS) is 18.4. The van der Waals surface area contributed by atoms with Gasteiger partial charge < -0.3 is 5.32 Å². The van der Waals surface area contributed by atoms with Crippen LogP contribution in [-0.2, 0) is 6.42 Å². The highest BCUT2D eigenvalue weighted by Crippen LogP contribution is 2.29. The molecule has 2 rings (SSSR count). The van der Waals surface area contributed by atoms with E-state index in [1.165, 1.54) is 44.2 Å². The average molecular weight is 232 g/mol.